The first-order valence-electron chi connectivity index (χ1n) is 12.4. The van der Waals surface area contributed by atoms with Crippen LogP contribution in [-0.2, 0) is 25.7 Å². The topological polar surface area (TPSA) is 157 Å². The van der Waals surface area contributed by atoms with Crippen LogP contribution >= 0.6 is 58.5 Å². The number of pyridine rings is 1. The molecule has 2 amide bonds. The second-order valence-electron chi connectivity index (χ2n) is 9.21. The Bertz CT molecular complexity index is 1380. The molecule has 3 atom stereocenters. The van der Waals surface area contributed by atoms with E-state index in [4.69, 9.17) is 34.0 Å². The highest BCUT2D eigenvalue weighted by molar-refractivity contribution is 8.01. The molecule has 218 valence electrons. The number of rotatable bonds is 13. The number of carbonyl (C=O) groups is 4. The number of hydrogen-bond acceptors (Lipinski definition) is 9. The number of fused-ring (bicyclic) bond motifs is 1. The highest BCUT2D eigenvalue weighted by Crippen LogP contribution is 2.41. The summed E-state index contributed by atoms with van der Waals surface area (Å²) in [6, 6.07) is 6.99. The lowest BCUT2D eigenvalue weighted by Gasteiger charge is -2.50. The predicted molar refractivity (Wildman–Crippen MR) is 156 cm³/mol. The van der Waals surface area contributed by atoms with Crippen LogP contribution in [0.1, 0.15) is 12.8 Å². The Morgan fingerprint density at radius 3 is 2.63 bits per heavy atom. The summed E-state index contributed by atoms with van der Waals surface area (Å²) in [5.74, 6) is -2.59. The van der Waals surface area contributed by atoms with Crippen molar-refractivity contribution in [1.29, 1.82) is 0 Å². The number of thioether (sulfide) groups is 3. The molecule has 0 bridgehead atoms. The van der Waals surface area contributed by atoms with Crippen molar-refractivity contribution in [1.82, 2.24) is 10.2 Å². The van der Waals surface area contributed by atoms with Gasteiger partial charge in [-0.05, 0) is 30.2 Å². The van der Waals surface area contributed by atoms with Crippen molar-refractivity contribution in [3.63, 3.8) is 0 Å². The summed E-state index contributed by atoms with van der Waals surface area (Å²) in [6.07, 6.45) is 4.71. The lowest BCUT2D eigenvalue weighted by molar-refractivity contribution is -0.697. The second-order valence-corrected chi connectivity index (χ2v) is 13.2. The van der Waals surface area contributed by atoms with Gasteiger partial charge < -0.3 is 26.1 Å². The maximum Gasteiger partial charge on any atom is 0.320 e. The zero-order valence-electron chi connectivity index (χ0n) is 21.5. The average molecular weight is 658 g/mol. The van der Waals surface area contributed by atoms with Crippen LogP contribution < -0.4 is 20.7 Å². The van der Waals surface area contributed by atoms with Crippen LogP contribution in [0, 0.1) is 0 Å². The zero-order chi connectivity index (χ0) is 29.7. The summed E-state index contributed by atoms with van der Waals surface area (Å²) >= 11 is 16.1. The molecule has 41 heavy (non-hydrogen) atoms. The number of β-lactam (4-membered cyclic amide) rings is 1. The lowest BCUT2D eigenvalue weighted by atomic mass is 10.0. The largest absolute Gasteiger partial charge is 0.543 e. The first-order chi connectivity index (χ1) is 19.5. The molecule has 4 N–H and O–H groups in total. The fraction of sp³-hybridized carbons (Fsp3) is 0.346. The van der Waals surface area contributed by atoms with Crippen molar-refractivity contribution in [2.45, 2.75) is 46.6 Å². The standard InChI is InChI=1S/C26H26Cl2N4O6S3/c27-15-3-4-17(28)19(10-15)40-13-20(33)30-21-23(34)32-22(26(37)38)14(12-41-24(21)32)11-39-16-5-8-31(9-6-16)7-1-2-18(29)25(35)36/h3-6,8-10,18,21,24H,1-2,7,11-13,29H2,(H2-,30,33,35,36,37,38)/t18-,21+,24+/m0/s1. The number of carboxylic acid groups (broad SMARTS) is 2. The first kappa shape index (κ1) is 31.5. The van der Waals surface area contributed by atoms with Crippen LogP contribution in [0.3, 0.4) is 0 Å². The number of carboxylic acids is 2. The number of aryl methyl sites for hydroxylation is 1. The van der Waals surface area contributed by atoms with Crippen LogP contribution in [0.15, 0.2) is 63.8 Å². The van der Waals surface area contributed by atoms with E-state index in [0.717, 1.165) is 4.90 Å². The predicted octanol–water partition coefficient (Wildman–Crippen LogP) is 1.76. The number of nitrogens with two attached hydrogens (primary N) is 1. The average Bonchev–Trinajstić information content (AvgIpc) is 2.95. The monoisotopic (exact) mass is 656 g/mol. The van der Waals surface area contributed by atoms with E-state index in [-0.39, 0.29) is 17.4 Å². The molecular formula is C26H26Cl2N4O6S3. The van der Waals surface area contributed by atoms with Crippen molar-refractivity contribution in [2.75, 3.05) is 17.3 Å². The molecule has 0 radical (unpaired) electrons. The minimum absolute atomic E-state index is 0.0131. The quantitative estimate of drug-likeness (QED) is 0.165. The third-order valence-corrected chi connectivity index (χ3v) is 10.5. The summed E-state index contributed by atoms with van der Waals surface area (Å²) in [6.45, 7) is 0.617. The number of nitrogens with zero attached hydrogens (tertiary/aromatic N) is 2. The van der Waals surface area contributed by atoms with Gasteiger partial charge in [-0.1, -0.05) is 23.2 Å². The summed E-state index contributed by atoms with van der Waals surface area (Å²) in [5, 5.41) is 24.1. The van der Waals surface area contributed by atoms with Crippen molar-refractivity contribution in [3.05, 3.63) is 64.0 Å². The molecule has 1 aromatic carbocycles. The molecule has 0 aliphatic carbocycles. The third-order valence-electron chi connectivity index (χ3n) is 6.33. The molecular weight excluding hydrogens is 631 g/mol. The zero-order valence-corrected chi connectivity index (χ0v) is 25.4. The molecule has 1 fully saturated rings. The molecule has 4 rings (SSSR count). The number of aliphatic carboxylic acids is 2. The maximum absolute atomic E-state index is 12.9. The molecule has 3 heterocycles. The van der Waals surface area contributed by atoms with Gasteiger partial charge in [-0.2, -0.15) is 0 Å². The minimum atomic E-state index is -1.43. The van der Waals surface area contributed by atoms with E-state index >= 15 is 0 Å². The normalized spacial score (nSPS) is 18.9. The molecule has 0 unspecified atom stereocenters. The summed E-state index contributed by atoms with van der Waals surface area (Å²) in [5.41, 5.74) is 5.96. The van der Waals surface area contributed by atoms with Gasteiger partial charge in [0.05, 0.1) is 22.4 Å². The van der Waals surface area contributed by atoms with Crippen LogP contribution in [0.2, 0.25) is 10.0 Å². The fourth-order valence-corrected chi connectivity index (χ4v) is 7.88. The van der Waals surface area contributed by atoms with E-state index in [2.05, 4.69) is 5.32 Å². The molecule has 2 aliphatic heterocycles. The molecule has 2 aromatic rings. The van der Waals surface area contributed by atoms with Gasteiger partial charge in [0.2, 0.25) is 5.91 Å². The Labute approximate surface area is 259 Å². The van der Waals surface area contributed by atoms with E-state index in [0.29, 0.717) is 51.4 Å². The van der Waals surface area contributed by atoms with Gasteiger partial charge in [-0.25, -0.2) is 4.57 Å². The second kappa shape index (κ2) is 14.2. The van der Waals surface area contributed by atoms with Gasteiger partial charge in [0, 0.05) is 44.9 Å². The van der Waals surface area contributed by atoms with Crippen LogP contribution in [-0.4, -0.2) is 68.5 Å². The Balaban J connectivity index is 1.31. The number of nitrogens with one attached hydrogen (secondary N) is 1. The molecule has 1 aromatic heterocycles. The van der Waals surface area contributed by atoms with Gasteiger partial charge in [0.15, 0.2) is 12.4 Å². The van der Waals surface area contributed by atoms with Crippen molar-refractivity contribution < 1.29 is 34.0 Å². The molecule has 0 saturated carbocycles. The number of aromatic nitrogens is 1. The Kier molecular flexibility index (Phi) is 10.9. The van der Waals surface area contributed by atoms with E-state index in [1.165, 1.54) is 40.2 Å². The lowest BCUT2D eigenvalue weighted by Crippen LogP contribution is -2.71. The number of hydrogen-bond donors (Lipinski definition) is 3. The van der Waals surface area contributed by atoms with Gasteiger partial charge >= 0.3 is 5.97 Å². The Morgan fingerprint density at radius 1 is 1.22 bits per heavy atom. The molecule has 1 saturated heterocycles. The van der Waals surface area contributed by atoms with Gasteiger partial charge in [0.1, 0.15) is 24.0 Å². The van der Waals surface area contributed by atoms with Crippen molar-refractivity contribution >= 4 is 82.2 Å². The number of carbonyl (C=O) groups excluding carboxylic acids is 3. The number of benzene rings is 1. The highest BCUT2D eigenvalue weighted by atomic mass is 35.5. The summed E-state index contributed by atoms with van der Waals surface area (Å²) in [4.78, 5) is 51.1. The van der Waals surface area contributed by atoms with Crippen molar-refractivity contribution in [3.8, 4) is 0 Å². The van der Waals surface area contributed by atoms with Crippen LogP contribution in [0.25, 0.3) is 0 Å². The first-order valence-corrected chi connectivity index (χ1v) is 16.2. The van der Waals surface area contributed by atoms with E-state index in [1.807, 2.05) is 29.1 Å². The van der Waals surface area contributed by atoms with Gasteiger partial charge in [0.25, 0.3) is 5.91 Å². The smallest absolute Gasteiger partial charge is 0.320 e. The van der Waals surface area contributed by atoms with Crippen molar-refractivity contribution in [2.24, 2.45) is 5.73 Å². The van der Waals surface area contributed by atoms with Crippen LogP contribution in [0.5, 0.6) is 0 Å². The number of amides is 2. The summed E-state index contributed by atoms with van der Waals surface area (Å²) < 4.78 is 1.92. The summed E-state index contributed by atoms with van der Waals surface area (Å²) in [7, 11) is 0. The molecule has 2 aliphatic rings. The van der Waals surface area contributed by atoms with E-state index < -0.39 is 35.3 Å². The SMILES string of the molecule is N[C@@H](CCC[n+]1ccc(SCC2=C(C(=O)[O-])N3C(=O)[C@@H](NC(=O)CSc4cc(Cl)ccc4Cl)[C@H]3SC2)cc1)C(=O)O. The molecule has 15 heteroatoms. The highest BCUT2D eigenvalue weighted by Gasteiger charge is 2.52. The molecule has 0 spiro atoms. The van der Waals surface area contributed by atoms with Gasteiger partial charge in [-0.15, -0.1) is 35.3 Å². The van der Waals surface area contributed by atoms with Crippen LogP contribution in [0.4, 0.5) is 0 Å². The van der Waals surface area contributed by atoms with E-state index in [1.54, 1.807) is 18.2 Å². The molecule has 10 nitrogen and oxygen atoms in total. The van der Waals surface area contributed by atoms with E-state index in [9.17, 15) is 24.3 Å². The minimum Gasteiger partial charge on any atom is -0.543 e. The van der Waals surface area contributed by atoms with Gasteiger partial charge in [-0.3, -0.25) is 19.3 Å². The fourth-order valence-electron chi connectivity index (χ4n) is 4.21. The third kappa shape index (κ3) is 7.90. The Hall–Kier alpha value is -2.42. The number of halogens is 2. The maximum atomic E-state index is 12.9. The Morgan fingerprint density at radius 2 is 1.95 bits per heavy atom.